The van der Waals surface area contributed by atoms with Crippen LogP contribution in [0.25, 0.3) is 11.1 Å². The van der Waals surface area contributed by atoms with Gasteiger partial charge in [-0.2, -0.15) is 13.2 Å². The highest BCUT2D eigenvalue weighted by Crippen LogP contribution is 2.29. The first-order valence-electron chi connectivity index (χ1n) is 7.67. The third-order valence-corrected chi connectivity index (χ3v) is 4.27. The number of esters is 1. The Hall–Kier alpha value is -2.81. The third-order valence-electron chi connectivity index (χ3n) is 3.46. The number of halogens is 3. The van der Waals surface area contributed by atoms with Gasteiger partial charge in [0.25, 0.3) is 5.22 Å². The summed E-state index contributed by atoms with van der Waals surface area (Å²) < 4.78 is 48.3. The van der Waals surface area contributed by atoms with E-state index in [0.717, 1.165) is 30.0 Å². The van der Waals surface area contributed by atoms with Gasteiger partial charge in [0.05, 0.1) is 5.56 Å². The molecule has 0 saturated heterocycles. The first-order chi connectivity index (χ1) is 12.8. The maximum atomic E-state index is 12.7. The number of carbonyl (C=O) groups is 2. The molecule has 0 atom stereocenters. The predicted molar refractivity (Wildman–Crippen MR) is 91.5 cm³/mol. The molecule has 0 aliphatic carbocycles. The maximum absolute atomic E-state index is 12.7. The van der Waals surface area contributed by atoms with E-state index in [9.17, 15) is 22.8 Å². The molecule has 0 bridgehead atoms. The number of benzene rings is 2. The van der Waals surface area contributed by atoms with Crippen LogP contribution in [0.1, 0.15) is 15.9 Å². The smallest absolute Gasteiger partial charge is 0.416 e. The number of para-hydroxylation sites is 2. The number of oxazole rings is 1. The van der Waals surface area contributed by atoms with Crippen LogP contribution in [0.15, 0.2) is 58.2 Å². The molecular formula is C18H12F3NO4S. The van der Waals surface area contributed by atoms with Crippen LogP contribution in [0.5, 0.6) is 0 Å². The van der Waals surface area contributed by atoms with E-state index in [0.29, 0.717) is 11.1 Å². The Morgan fingerprint density at radius 2 is 1.89 bits per heavy atom. The fraction of sp³-hybridized carbons (Fsp3) is 0.167. The summed E-state index contributed by atoms with van der Waals surface area (Å²) in [6.07, 6.45) is -4.55. The van der Waals surface area contributed by atoms with Crippen molar-refractivity contribution in [1.29, 1.82) is 0 Å². The normalized spacial score (nSPS) is 11.5. The summed E-state index contributed by atoms with van der Waals surface area (Å²) in [4.78, 5) is 27.9. The minimum atomic E-state index is -4.55. The Bertz CT molecular complexity index is 951. The monoisotopic (exact) mass is 395 g/mol. The molecule has 1 aromatic heterocycles. The van der Waals surface area contributed by atoms with E-state index >= 15 is 0 Å². The van der Waals surface area contributed by atoms with Crippen LogP contribution in [0.4, 0.5) is 13.2 Å². The summed E-state index contributed by atoms with van der Waals surface area (Å²) >= 11 is 0.995. The molecule has 5 nitrogen and oxygen atoms in total. The van der Waals surface area contributed by atoms with Gasteiger partial charge in [-0.1, -0.05) is 36.0 Å². The predicted octanol–water partition coefficient (Wildman–Crippen LogP) is 4.36. The van der Waals surface area contributed by atoms with E-state index in [-0.39, 0.29) is 16.5 Å². The van der Waals surface area contributed by atoms with Crippen LogP contribution in [0.3, 0.4) is 0 Å². The van der Waals surface area contributed by atoms with Crippen LogP contribution < -0.4 is 0 Å². The number of Topliss-reactive ketones (excluding diaryl/α,β-unsaturated/α-hetero) is 1. The number of ether oxygens (including phenoxy) is 1. The minimum Gasteiger partial charge on any atom is -0.457 e. The molecule has 9 heteroatoms. The van der Waals surface area contributed by atoms with Crippen LogP contribution in [-0.4, -0.2) is 29.1 Å². The summed E-state index contributed by atoms with van der Waals surface area (Å²) in [7, 11) is 0. The average molecular weight is 395 g/mol. The van der Waals surface area contributed by atoms with Crippen molar-refractivity contribution >= 4 is 34.6 Å². The van der Waals surface area contributed by atoms with Gasteiger partial charge < -0.3 is 9.15 Å². The number of alkyl halides is 3. The fourth-order valence-corrected chi connectivity index (χ4v) is 2.81. The van der Waals surface area contributed by atoms with Crippen molar-refractivity contribution in [3.63, 3.8) is 0 Å². The van der Waals surface area contributed by atoms with Gasteiger partial charge in [-0.3, -0.25) is 9.59 Å². The SMILES string of the molecule is O=C(CSc1nc2ccccc2o1)OCC(=O)c1cccc(C(F)(F)F)c1. The van der Waals surface area contributed by atoms with Crippen molar-refractivity contribution in [1.82, 2.24) is 4.98 Å². The lowest BCUT2D eigenvalue weighted by molar-refractivity contribution is -0.139. The molecule has 140 valence electrons. The van der Waals surface area contributed by atoms with Crippen LogP contribution in [0.2, 0.25) is 0 Å². The molecule has 3 rings (SSSR count). The van der Waals surface area contributed by atoms with Gasteiger partial charge in [-0.15, -0.1) is 0 Å². The fourth-order valence-electron chi connectivity index (χ4n) is 2.17. The number of ketones is 1. The second kappa shape index (κ2) is 7.83. The van der Waals surface area contributed by atoms with Gasteiger partial charge in [0, 0.05) is 5.56 Å². The maximum Gasteiger partial charge on any atom is 0.416 e. The molecule has 27 heavy (non-hydrogen) atoms. The lowest BCUT2D eigenvalue weighted by atomic mass is 10.1. The highest BCUT2D eigenvalue weighted by atomic mass is 32.2. The van der Waals surface area contributed by atoms with E-state index in [4.69, 9.17) is 9.15 Å². The number of aromatic nitrogens is 1. The van der Waals surface area contributed by atoms with E-state index in [1.807, 2.05) is 0 Å². The van der Waals surface area contributed by atoms with Crippen LogP contribution >= 0.6 is 11.8 Å². The molecule has 0 unspecified atom stereocenters. The van der Waals surface area contributed by atoms with E-state index in [1.54, 1.807) is 24.3 Å². The zero-order chi connectivity index (χ0) is 19.4. The highest BCUT2D eigenvalue weighted by Gasteiger charge is 2.30. The van der Waals surface area contributed by atoms with Gasteiger partial charge in [0.15, 0.2) is 18.0 Å². The van der Waals surface area contributed by atoms with Crippen LogP contribution in [0, 0.1) is 0 Å². The Morgan fingerprint density at radius 1 is 1.11 bits per heavy atom. The first kappa shape index (κ1) is 19.0. The Morgan fingerprint density at radius 3 is 2.63 bits per heavy atom. The number of hydrogen-bond donors (Lipinski definition) is 0. The van der Waals surface area contributed by atoms with E-state index < -0.39 is 30.1 Å². The Labute approximate surface area is 155 Å². The molecule has 2 aromatic carbocycles. The van der Waals surface area contributed by atoms with Gasteiger partial charge in [0.1, 0.15) is 11.3 Å². The lowest BCUT2D eigenvalue weighted by Crippen LogP contribution is -2.16. The quantitative estimate of drug-likeness (QED) is 0.351. The zero-order valence-electron chi connectivity index (χ0n) is 13.7. The van der Waals surface area contributed by atoms with Gasteiger partial charge >= 0.3 is 12.1 Å². The topological polar surface area (TPSA) is 69.4 Å². The number of carbonyl (C=O) groups excluding carboxylic acids is 2. The molecular weight excluding hydrogens is 383 g/mol. The molecule has 0 radical (unpaired) electrons. The molecule has 3 aromatic rings. The average Bonchev–Trinajstić information content (AvgIpc) is 3.07. The summed E-state index contributed by atoms with van der Waals surface area (Å²) in [5, 5.41) is 0.275. The van der Waals surface area contributed by atoms with Crippen molar-refractivity contribution in [2.45, 2.75) is 11.4 Å². The van der Waals surface area contributed by atoms with E-state index in [2.05, 4.69) is 4.98 Å². The second-order valence-electron chi connectivity index (χ2n) is 5.40. The summed E-state index contributed by atoms with van der Waals surface area (Å²) in [5.74, 6) is -1.58. The number of nitrogens with zero attached hydrogens (tertiary/aromatic N) is 1. The molecule has 0 spiro atoms. The van der Waals surface area contributed by atoms with Crippen molar-refractivity contribution in [3.05, 3.63) is 59.7 Å². The number of fused-ring (bicyclic) bond motifs is 1. The lowest BCUT2D eigenvalue weighted by Gasteiger charge is -2.08. The molecule has 1 heterocycles. The summed E-state index contributed by atoms with van der Waals surface area (Å²) in [6.45, 7) is -0.645. The third kappa shape index (κ3) is 4.88. The molecule has 0 amide bonds. The number of hydrogen-bond acceptors (Lipinski definition) is 6. The van der Waals surface area contributed by atoms with Crippen molar-refractivity contribution in [3.8, 4) is 0 Å². The van der Waals surface area contributed by atoms with Gasteiger partial charge in [-0.25, -0.2) is 4.98 Å². The zero-order valence-corrected chi connectivity index (χ0v) is 14.5. The molecule has 0 aliphatic rings. The van der Waals surface area contributed by atoms with Crippen molar-refractivity contribution < 1.29 is 31.9 Å². The van der Waals surface area contributed by atoms with Gasteiger partial charge in [0.2, 0.25) is 0 Å². The molecule has 0 fully saturated rings. The summed E-state index contributed by atoms with van der Waals surface area (Å²) in [6, 6.07) is 11.0. The second-order valence-corrected chi connectivity index (χ2v) is 6.33. The number of rotatable bonds is 6. The Balaban J connectivity index is 1.52. The first-order valence-corrected chi connectivity index (χ1v) is 8.66. The molecule has 0 N–H and O–H groups in total. The number of thioether (sulfide) groups is 1. The van der Waals surface area contributed by atoms with Crippen molar-refractivity contribution in [2.75, 3.05) is 12.4 Å². The standard InChI is InChI=1S/C18H12F3NO4S/c19-18(20,21)12-5-3-4-11(8-12)14(23)9-25-16(24)10-27-17-22-13-6-1-2-7-15(13)26-17/h1-8H,9-10H2. The van der Waals surface area contributed by atoms with Crippen LogP contribution in [-0.2, 0) is 15.7 Å². The minimum absolute atomic E-state index is 0.150. The van der Waals surface area contributed by atoms with Crippen molar-refractivity contribution in [2.24, 2.45) is 0 Å². The largest absolute Gasteiger partial charge is 0.457 e. The summed E-state index contributed by atoms with van der Waals surface area (Å²) in [5.41, 5.74) is 0.108. The molecule has 0 saturated carbocycles. The highest BCUT2D eigenvalue weighted by molar-refractivity contribution is 7.99. The molecule has 0 aliphatic heterocycles. The Kier molecular flexibility index (Phi) is 5.50. The van der Waals surface area contributed by atoms with Gasteiger partial charge in [-0.05, 0) is 24.3 Å². The van der Waals surface area contributed by atoms with E-state index in [1.165, 1.54) is 6.07 Å².